The van der Waals surface area contributed by atoms with E-state index in [1.54, 1.807) is 18.2 Å². The molecule has 0 saturated carbocycles. The number of benzene rings is 2. The van der Waals surface area contributed by atoms with Gasteiger partial charge in [0.2, 0.25) is 0 Å². The van der Waals surface area contributed by atoms with Gasteiger partial charge in [-0.1, -0.05) is 36.7 Å². The number of halogens is 2. The van der Waals surface area contributed by atoms with Crippen molar-refractivity contribution in [2.45, 2.75) is 31.6 Å². The van der Waals surface area contributed by atoms with Gasteiger partial charge in [-0.2, -0.15) is 4.39 Å². The zero-order valence-electron chi connectivity index (χ0n) is 18.4. The highest BCUT2D eigenvalue weighted by molar-refractivity contribution is 7.92. The number of rotatable bonds is 5. The van der Waals surface area contributed by atoms with Crippen LogP contribution in [0.15, 0.2) is 64.5 Å². The lowest BCUT2D eigenvalue weighted by Gasteiger charge is -2.13. The summed E-state index contributed by atoms with van der Waals surface area (Å²) in [6, 6.07) is 15.6. The highest BCUT2D eigenvalue weighted by atomic mass is 35.5. The fraction of sp³-hybridized carbons (Fsp3) is 0.160. The van der Waals surface area contributed by atoms with Gasteiger partial charge in [-0.05, 0) is 60.9 Å². The van der Waals surface area contributed by atoms with E-state index in [-0.39, 0.29) is 22.2 Å². The Hall–Kier alpha value is -3.36. The molecule has 4 aromatic rings. The van der Waals surface area contributed by atoms with Crippen LogP contribution in [0, 0.1) is 6.92 Å². The van der Waals surface area contributed by atoms with Crippen LogP contribution in [0.5, 0.6) is 0 Å². The number of anilines is 1. The molecule has 1 aliphatic rings. The van der Waals surface area contributed by atoms with Crippen molar-refractivity contribution in [3.8, 4) is 11.1 Å². The molecule has 0 spiro atoms. The fourth-order valence-corrected chi connectivity index (χ4v) is 5.66. The van der Waals surface area contributed by atoms with Crippen LogP contribution in [0.4, 0.5) is 15.9 Å². The molecule has 0 radical (unpaired) electrons. The maximum Gasteiger partial charge on any atom is 0.264 e. The molecule has 0 bridgehead atoms. The van der Waals surface area contributed by atoms with Gasteiger partial charge in [0.1, 0.15) is 10.7 Å². The van der Waals surface area contributed by atoms with Crippen molar-refractivity contribution in [3.63, 3.8) is 0 Å². The second kappa shape index (κ2) is 8.45. The van der Waals surface area contributed by atoms with Crippen LogP contribution in [0.2, 0.25) is 5.02 Å². The monoisotopic (exact) mass is 494 g/mol. The lowest BCUT2D eigenvalue weighted by Crippen LogP contribution is -2.14. The average molecular weight is 495 g/mol. The summed E-state index contributed by atoms with van der Waals surface area (Å²) in [6.45, 7) is 3.87. The molecule has 34 heavy (non-hydrogen) atoms. The van der Waals surface area contributed by atoms with Crippen molar-refractivity contribution in [3.05, 3.63) is 76.6 Å². The van der Waals surface area contributed by atoms with Crippen molar-refractivity contribution in [2.75, 3.05) is 4.72 Å². The van der Waals surface area contributed by atoms with Crippen molar-refractivity contribution >= 4 is 50.0 Å². The van der Waals surface area contributed by atoms with E-state index >= 15 is 0 Å². The zero-order chi connectivity index (χ0) is 24.0. The Bertz CT molecular complexity index is 1600. The predicted octanol–water partition coefficient (Wildman–Crippen LogP) is 6.18. The third-order valence-corrected chi connectivity index (χ3v) is 7.63. The molecule has 0 saturated heterocycles. The largest absolute Gasteiger partial charge is 0.264 e. The summed E-state index contributed by atoms with van der Waals surface area (Å²) in [4.78, 5) is 13.1. The summed E-state index contributed by atoms with van der Waals surface area (Å²) in [6.07, 6.45) is 0.872. The van der Waals surface area contributed by atoms with Crippen LogP contribution in [-0.2, 0) is 22.9 Å². The van der Waals surface area contributed by atoms with E-state index in [2.05, 4.69) is 25.7 Å². The molecule has 1 aliphatic heterocycles. The number of pyridine rings is 2. The molecule has 0 aliphatic carbocycles. The fourth-order valence-electron chi connectivity index (χ4n) is 4.14. The van der Waals surface area contributed by atoms with Crippen molar-refractivity contribution in [2.24, 2.45) is 4.99 Å². The molecule has 0 amide bonds. The standard InChI is InChI=1S/C25H20ClFN4O2S/c1-3-15-10-16(11-20-18(15)12-21-22(29-20)13-24(27)30-21)17-8-9-25(28-14(17)2)31-34(32,33)23-7-5-4-6-19(23)26/h4-12H,3,13H2,1-2H3,(H,28,31). The Morgan fingerprint density at radius 1 is 1.09 bits per heavy atom. The van der Waals surface area contributed by atoms with Gasteiger partial charge in [-0.3, -0.25) is 9.71 Å². The molecular formula is C25H20ClFN4O2S. The van der Waals surface area contributed by atoms with Crippen LogP contribution in [0.3, 0.4) is 0 Å². The van der Waals surface area contributed by atoms with Crippen LogP contribution in [0.1, 0.15) is 23.9 Å². The number of fused-ring (bicyclic) bond motifs is 2. The summed E-state index contributed by atoms with van der Waals surface area (Å²) in [5, 5.41) is 1.08. The third-order valence-electron chi connectivity index (χ3n) is 5.77. The lowest BCUT2D eigenvalue weighted by molar-refractivity contribution is 0.601. The quantitative estimate of drug-likeness (QED) is 0.359. The summed E-state index contributed by atoms with van der Waals surface area (Å²) < 4.78 is 41.7. The van der Waals surface area contributed by atoms with Crippen molar-refractivity contribution < 1.29 is 12.8 Å². The first-order valence-corrected chi connectivity index (χ1v) is 12.6. The first kappa shape index (κ1) is 22.4. The predicted molar refractivity (Wildman–Crippen MR) is 133 cm³/mol. The molecule has 1 N–H and O–H groups in total. The minimum absolute atomic E-state index is 0.0127. The molecule has 0 unspecified atom stereocenters. The Balaban J connectivity index is 1.52. The van der Waals surface area contributed by atoms with E-state index < -0.39 is 16.0 Å². The Kier molecular flexibility index (Phi) is 5.58. The second-order valence-corrected chi connectivity index (χ2v) is 10.1. The van der Waals surface area contributed by atoms with Crippen LogP contribution in [0.25, 0.3) is 22.0 Å². The van der Waals surface area contributed by atoms with Gasteiger partial charge in [0.15, 0.2) is 5.97 Å². The van der Waals surface area contributed by atoms with Gasteiger partial charge in [-0.25, -0.2) is 18.4 Å². The molecule has 9 heteroatoms. The Labute approximate surface area is 201 Å². The van der Waals surface area contributed by atoms with E-state index in [1.165, 1.54) is 12.1 Å². The first-order valence-electron chi connectivity index (χ1n) is 10.7. The highest BCUT2D eigenvalue weighted by Gasteiger charge is 2.20. The molecule has 2 aromatic heterocycles. The van der Waals surface area contributed by atoms with Gasteiger partial charge in [-0.15, -0.1) is 0 Å². The Morgan fingerprint density at radius 2 is 1.88 bits per heavy atom. The topological polar surface area (TPSA) is 84.3 Å². The molecule has 0 fully saturated rings. The van der Waals surface area contributed by atoms with Gasteiger partial charge in [0.05, 0.1) is 28.3 Å². The minimum atomic E-state index is -3.88. The molecule has 2 aromatic carbocycles. The summed E-state index contributed by atoms with van der Waals surface area (Å²) in [5.41, 5.74) is 5.44. The average Bonchev–Trinajstić information content (AvgIpc) is 3.15. The number of aromatic nitrogens is 2. The number of sulfonamides is 1. The molecule has 0 atom stereocenters. The van der Waals surface area contributed by atoms with Crippen LogP contribution < -0.4 is 4.72 Å². The zero-order valence-corrected chi connectivity index (χ0v) is 20.0. The van der Waals surface area contributed by atoms with Crippen molar-refractivity contribution in [1.29, 1.82) is 0 Å². The van der Waals surface area contributed by atoms with E-state index in [0.717, 1.165) is 34.0 Å². The minimum Gasteiger partial charge on any atom is -0.263 e. The number of aryl methyl sites for hydroxylation is 2. The van der Waals surface area contributed by atoms with Crippen molar-refractivity contribution in [1.82, 2.24) is 9.97 Å². The number of nitrogens with one attached hydrogen (secondary N) is 1. The van der Waals surface area contributed by atoms with Crippen LogP contribution >= 0.6 is 11.6 Å². The van der Waals surface area contributed by atoms with Gasteiger partial charge in [0, 0.05) is 16.6 Å². The maximum absolute atomic E-state index is 13.7. The number of aliphatic imine (C=N–C) groups is 1. The molecular weight excluding hydrogens is 475 g/mol. The number of hydrogen-bond donors (Lipinski definition) is 1. The SMILES string of the molecule is CCc1cc(-c2ccc(NS(=O)(=O)c3ccccc3Cl)nc2C)cc2nc3c(cc12)N=C(F)C3. The number of nitrogens with zero attached hydrogens (tertiary/aromatic N) is 3. The summed E-state index contributed by atoms with van der Waals surface area (Å²) in [7, 11) is -3.88. The molecule has 6 nitrogen and oxygen atoms in total. The van der Waals surface area contributed by atoms with Gasteiger partial charge < -0.3 is 0 Å². The highest BCUT2D eigenvalue weighted by Crippen LogP contribution is 2.35. The summed E-state index contributed by atoms with van der Waals surface area (Å²) in [5.74, 6) is -0.229. The van der Waals surface area contributed by atoms with Gasteiger partial charge in [0.25, 0.3) is 10.0 Å². The Morgan fingerprint density at radius 3 is 2.62 bits per heavy atom. The first-order chi connectivity index (χ1) is 16.2. The van der Waals surface area contributed by atoms with E-state index in [1.807, 2.05) is 32.0 Å². The lowest BCUT2D eigenvalue weighted by atomic mass is 9.96. The maximum atomic E-state index is 13.7. The second-order valence-electron chi connectivity index (χ2n) is 8.04. The summed E-state index contributed by atoms with van der Waals surface area (Å²) >= 11 is 6.06. The van der Waals surface area contributed by atoms with E-state index in [0.29, 0.717) is 17.1 Å². The van der Waals surface area contributed by atoms with E-state index in [4.69, 9.17) is 11.6 Å². The molecule has 5 rings (SSSR count). The molecule has 172 valence electrons. The molecule has 3 heterocycles. The van der Waals surface area contributed by atoms with E-state index in [9.17, 15) is 12.8 Å². The normalized spacial score (nSPS) is 13.1. The smallest absolute Gasteiger partial charge is 0.263 e. The van der Waals surface area contributed by atoms with Gasteiger partial charge >= 0.3 is 0 Å². The van der Waals surface area contributed by atoms with Crippen LogP contribution in [-0.4, -0.2) is 24.4 Å². The number of hydrogen-bond acceptors (Lipinski definition) is 5. The third kappa shape index (κ3) is 4.03.